The fourth-order valence-corrected chi connectivity index (χ4v) is 1.79. The maximum absolute atomic E-state index is 13.0. The third-order valence-electron chi connectivity index (χ3n) is 2.79. The van der Waals surface area contributed by atoms with E-state index in [4.69, 9.17) is 0 Å². The van der Waals surface area contributed by atoms with E-state index in [-0.39, 0.29) is 11.8 Å². The average molecular weight is 255 g/mol. The van der Waals surface area contributed by atoms with Crippen LogP contribution in [0.3, 0.4) is 0 Å². The molecule has 2 rings (SSSR count). The molecule has 0 aliphatic heterocycles. The Kier molecular flexibility index (Phi) is 3.27. The van der Waals surface area contributed by atoms with Crippen LogP contribution in [0.2, 0.25) is 0 Å². The van der Waals surface area contributed by atoms with E-state index < -0.39 is 23.5 Å². The molecule has 1 unspecified atom stereocenters. The summed E-state index contributed by atoms with van der Waals surface area (Å²) in [6, 6.07) is 3.56. The highest BCUT2D eigenvalue weighted by atomic mass is 19.2. The lowest BCUT2D eigenvalue weighted by molar-refractivity contribution is -0.156. The predicted molar refractivity (Wildman–Crippen MR) is 57.1 cm³/mol. The van der Waals surface area contributed by atoms with E-state index in [1.54, 1.807) is 0 Å². The Morgan fingerprint density at radius 2 is 2.06 bits per heavy atom. The van der Waals surface area contributed by atoms with Crippen molar-refractivity contribution in [3.63, 3.8) is 0 Å². The van der Waals surface area contributed by atoms with E-state index in [1.165, 1.54) is 13.0 Å². The molecule has 1 aliphatic rings. The number of hydrogen-bond acceptors (Lipinski definition) is 3. The van der Waals surface area contributed by atoms with E-state index in [0.29, 0.717) is 12.0 Å². The molecule has 0 saturated heterocycles. The molecule has 96 valence electrons. The molecule has 2 atom stereocenters. The van der Waals surface area contributed by atoms with Crippen LogP contribution in [-0.2, 0) is 14.4 Å². The maximum Gasteiger partial charge on any atom is 0.329 e. The smallest absolute Gasteiger partial charge is 0.329 e. The zero-order chi connectivity index (χ0) is 13.3. The molecule has 6 heteroatoms. The number of carbonyl (C=O) groups excluding carboxylic acids is 2. The van der Waals surface area contributed by atoms with Crippen LogP contribution in [0, 0.1) is 17.6 Å². The Balaban J connectivity index is 1.96. The molecular formula is C12H11F2NO3. The van der Waals surface area contributed by atoms with Gasteiger partial charge in [-0.15, -0.1) is 0 Å². The van der Waals surface area contributed by atoms with Gasteiger partial charge in [0.25, 0.3) is 5.91 Å². The highest BCUT2D eigenvalue weighted by molar-refractivity contribution is 5.83. The van der Waals surface area contributed by atoms with Crippen molar-refractivity contribution in [1.82, 2.24) is 5.48 Å². The second-order valence-corrected chi connectivity index (χ2v) is 4.18. The summed E-state index contributed by atoms with van der Waals surface area (Å²) in [5.41, 5.74) is 2.58. The van der Waals surface area contributed by atoms with Crippen LogP contribution >= 0.6 is 0 Å². The van der Waals surface area contributed by atoms with Crippen molar-refractivity contribution >= 4 is 11.9 Å². The number of carbonyl (C=O) groups is 2. The Bertz CT molecular complexity index is 504. The molecule has 1 fully saturated rings. The van der Waals surface area contributed by atoms with Gasteiger partial charge in [-0.2, -0.15) is 5.48 Å². The van der Waals surface area contributed by atoms with Gasteiger partial charge >= 0.3 is 5.97 Å². The van der Waals surface area contributed by atoms with Crippen LogP contribution in [0.4, 0.5) is 8.78 Å². The summed E-state index contributed by atoms with van der Waals surface area (Å²) in [5, 5.41) is 0. The molecule has 1 saturated carbocycles. The van der Waals surface area contributed by atoms with Crippen molar-refractivity contribution in [2.45, 2.75) is 19.3 Å². The monoisotopic (exact) mass is 255 g/mol. The lowest BCUT2D eigenvalue weighted by atomic mass is 10.1. The van der Waals surface area contributed by atoms with Crippen molar-refractivity contribution in [2.75, 3.05) is 0 Å². The van der Waals surface area contributed by atoms with E-state index in [1.807, 2.05) is 5.48 Å². The van der Waals surface area contributed by atoms with Crippen molar-refractivity contribution in [1.29, 1.82) is 0 Å². The molecule has 0 bridgehead atoms. The Morgan fingerprint density at radius 3 is 2.67 bits per heavy atom. The average Bonchev–Trinajstić information content (AvgIpc) is 3.09. The molecular weight excluding hydrogens is 244 g/mol. The standard InChI is InChI=1S/C12H11F2NO3/c1-6(16)18-15-12(17)9-5-8(9)7-2-3-10(13)11(14)4-7/h2-4,8-9H,5H2,1H3,(H,15,17)/t8?,9-/m1/s1. The van der Waals surface area contributed by atoms with Crippen molar-refractivity contribution < 1.29 is 23.2 Å². The van der Waals surface area contributed by atoms with Crippen molar-refractivity contribution in [3.05, 3.63) is 35.4 Å². The molecule has 1 amide bonds. The van der Waals surface area contributed by atoms with Gasteiger partial charge in [0.1, 0.15) is 0 Å². The van der Waals surface area contributed by atoms with Gasteiger partial charge in [0.2, 0.25) is 0 Å². The number of halogens is 2. The van der Waals surface area contributed by atoms with Crippen LogP contribution in [0.15, 0.2) is 18.2 Å². The van der Waals surface area contributed by atoms with Crippen molar-refractivity contribution in [2.24, 2.45) is 5.92 Å². The number of nitrogens with one attached hydrogen (secondary N) is 1. The summed E-state index contributed by atoms with van der Waals surface area (Å²) >= 11 is 0. The highest BCUT2D eigenvalue weighted by Crippen LogP contribution is 2.47. The molecule has 1 aromatic carbocycles. The van der Waals surface area contributed by atoms with Crippen LogP contribution in [-0.4, -0.2) is 11.9 Å². The third kappa shape index (κ3) is 2.64. The Labute approximate surface area is 102 Å². The first-order valence-corrected chi connectivity index (χ1v) is 5.41. The Hall–Kier alpha value is -1.98. The number of amides is 1. The molecule has 18 heavy (non-hydrogen) atoms. The van der Waals surface area contributed by atoms with Gasteiger partial charge in [0, 0.05) is 12.8 Å². The number of hydroxylamine groups is 1. The van der Waals surface area contributed by atoms with Crippen LogP contribution in [0.25, 0.3) is 0 Å². The number of rotatable bonds is 2. The minimum atomic E-state index is -0.932. The normalized spacial score (nSPS) is 21.3. The summed E-state index contributed by atoms with van der Waals surface area (Å²) < 4.78 is 25.7. The summed E-state index contributed by atoms with van der Waals surface area (Å²) in [6.07, 6.45) is 0.526. The second kappa shape index (κ2) is 4.72. The number of benzene rings is 1. The fourth-order valence-electron chi connectivity index (χ4n) is 1.79. The summed E-state index contributed by atoms with van der Waals surface area (Å²) in [6.45, 7) is 1.17. The SMILES string of the molecule is CC(=O)ONC(=O)[C@@H]1CC1c1ccc(F)c(F)c1. The minimum absolute atomic E-state index is 0.157. The highest BCUT2D eigenvalue weighted by Gasteiger charge is 2.44. The summed E-state index contributed by atoms with van der Waals surface area (Å²) in [5.74, 6) is -3.42. The van der Waals surface area contributed by atoms with Gasteiger partial charge in [0.15, 0.2) is 11.6 Å². The van der Waals surface area contributed by atoms with Crippen LogP contribution in [0.1, 0.15) is 24.8 Å². The third-order valence-corrected chi connectivity index (χ3v) is 2.79. The summed E-state index contributed by atoms with van der Waals surface area (Å²) in [4.78, 5) is 26.3. The van der Waals surface area contributed by atoms with Gasteiger partial charge in [0.05, 0.1) is 0 Å². The molecule has 1 aromatic rings. The summed E-state index contributed by atoms with van der Waals surface area (Å²) in [7, 11) is 0. The lowest BCUT2D eigenvalue weighted by Crippen LogP contribution is -2.27. The van der Waals surface area contributed by atoms with Gasteiger partial charge in [-0.3, -0.25) is 9.59 Å². The van der Waals surface area contributed by atoms with Crippen molar-refractivity contribution in [3.8, 4) is 0 Å². The second-order valence-electron chi connectivity index (χ2n) is 4.18. The molecule has 0 radical (unpaired) electrons. The topological polar surface area (TPSA) is 55.4 Å². The first kappa shape index (κ1) is 12.5. The maximum atomic E-state index is 13.0. The van der Waals surface area contributed by atoms with E-state index in [0.717, 1.165) is 12.1 Å². The molecule has 0 spiro atoms. The first-order valence-electron chi connectivity index (χ1n) is 5.41. The van der Waals surface area contributed by atoms with Gasteiger partial charge in [-0.1, -0.05) is 6.07 Å². The van der Waals surface area contributed by atoms with Gasteiger partial charge in [-0.25, -0.2) is 8.78 Å². The van der Waals surface area contributed by atoms with Crippen LogP contribution in [0.5, 0.6) is 0 Å². The fraction of sp³-hybridized carbons (Fsp3) is 0.333. The zero-order valence-corrected chi connectivity index (χ0v) is 9.57. The van der Waals surface area contributed by atoms with Gasteiger partial charge in [-0.05, 0) is 30.0 Å². The molecule has 0 aromatic heterocycles. The molecule has 1 N–H and O–H groups in total. The first-order chi connectivity index (χ1) is 8.49. The molecule has 1 aliphatic carbocycles. The predicted octanol–water partition coefficient (Wildman–Crippen LogP) is 1.66. The van der Waals surface area contributed by atoms with Crippen LogP contribution < -0.4 is 5.48 Å². The lowest BCUT2D eigenvalue weighted by Gasteiger charge is -2.03. The molecule has 4 nitrogen and oxygen atoms in total. The van der Waals surface area contributed by atoms with E-state index in [2.05, 4.69) is 4.84 Å². The van der Waals surface area contributed by atoms with Gasteiger partial charge < -0.3 is 4.84 Å². The minimum Gasteiger partial charge on any atom is -0.341 e. The van der Waals surface area contributed by atoms with E-state index in [9.17, 15) is 18.4 Å². The number of hydrogen-bond donors (Lipinski definition) is 1. The van der Waals surface area contributed by atoms with E-state index >= 15 is 0 Å². The zero-order valence-electron chi connectivity index (χ0n) is 9.57. The quantitative estimate of drug-likeness (QED) is 0.818. The largest absolute Gasteiger partial charge is 0.341 e. The Morgan fingerprint density at radius 1 is 1.33 bits per heavy atom. The molecule has 0 heterocycles.